The van der Waals surface area contributed by atoms with Crippen molar-refractivity contribution in [1.82, 2.24) is 25.0 Å². The Kier molecular flexibility index (Phi) is 6.24. The highest BCUT2D eigenvalue weighted by Gasteiger charge is 2.22. The molecule has 1 aromatic heterocycles. The molecule has 0 unspecified atom stereocenters. The number of benzene rings is 1. The first-order valence-corrected chi connectivity index (χ1v) is 10.8. The molecule has 6 heteroatoms. The molecule has 4 rings (SSSR count). The number of piperidine rings is 1. The van der Waals surface area contributed by atoms with E-state index in [4.69, 9.17) is 4.99 Å². The lowest BCUT2D eigenvalue weighted by atomic mass is 9.90. The van der Waals surface area contributed by atoms with Gasteiger partial charge < -0.3 is 14.8 Å². The van der Waals surface area contributed by atoms with E-state index in [9.17, 15) is 0 Å². The molecule has 1 fully saturated rings. The van der Waals surface area contributed by atoms with Crippen molar-refractivity contribution in [3.63, 3.8) is 0 Å². The number of aromatic nitrogens is 3. The molecule has 1 saturated heterocycles. The van der Waals surface area contributed by atoms with Crippen LogP contribution in [0.25, 0.3) is 0 Å². The fourth-order valence-corrected chi connectivity index (χ4v) is 4.35. The van der Waals surface area contributed by atoms with Crippen LogP contribution in [0.2, 0.25) is 0 Å². The second kappa shape index (κ2) is 9.22. The van der Waals surface area contributed by atoms with Gasteiger partial charge in [-0.1, -0.05) is 30.3 Å². The fraction of sp³-hybridized carbons (Fsp3) is 0.591. The third-order valence-corrected chi connectivity index (χ3v) is 5.92. The van der Waals surface area contributed by atoms with Crippen LogP contribution >= 0.6 is 0 Å². The van der Waals surface area contributed by atoms with E-state index >= 15 is 0 Å². The van der Waals surface area contributed by atoms with Gasteiger partial charge >= 0.3 is 0 Å². The maximum atomic E-state index is 4.90. The van der Waals surface area contributed by atoms with Gasteiger partial charge in [0, 0.05) is 32.6 Å². The number of likely N-dealkylation sites (tertiary alicyclic amines) is 1. The Morgan fingerprint density at radius 2 is 1.93 bits per heavy atom. The highest BCUT2D eigenvalue weighted by atomic mass is 15.3. The van der Waals surface area contributed by atoms with Gasteiger partial charge in [-0.15, -0.1) is 10.2 Å². The van der Waals surface area contributed by atoms with E-state index in [0.29, 0.717) is 6.54 Å². The minimum absolute atomic E-state index is 0.610. The lowest BCUT2D eigenvalue weighted by molar-refractivity contribution is 0.259. The molecule has 2 aliphatic heterocycles. The first-order valence-electron chi connectivity index (χ1n) is 10.8. The summed E-state index contributed by atoms with van der Waals surface area (Å²) in [4.78, 5) is 7.32. The van der Waals surface area contributed by atoms with E-state index in [0.717, 1.165) is 56.1 Å². The van der Waals surface area contributed by atoms with E-state index < -0.39 is 0 Å². The van der Waals surface area contributed by atoms with Gasteiger partial charge in [-0.05, 0) is 50.5 Å². The molecule has 6 nitrogen and oxygen atoms in total. The van der Waals surface area contributed by atoms with Crippen molar-refractivity contribution >= 4 is 5.96 Å². The molecule has 0 spiro atoms. The van der Waals surface area contributed by atoms with Crippen LogP contribution in [0, 0.1) is 5.92 Å². The van der Waals surface area contributed by atoms with Gasteiger partial charge in [0.2, 0.25) is 0 Å². The zero-order valence-corrected chi connectivity index (χ0v) is 17.0. The Morgan fingerprint density at radius 1 is 1.11 bits per heavy atom. The van der Waals surface area contributed by atoms with E-state index in [1.807, 2.05) is 0 Å². The maximum absolute atomic E-state index is 4.90. The molecule has 0 radical (unpaired) electrons. The summed E-state index contributed by atoms with van der Waals surface area (Å²) < 4.78 is 2.27. The number of hydrogen-bond donors (Lipinski definition) is 1. The average molecular weight is 381 g/mol. The van der Waals surface area contributed by atoms with Crippen molar-refractivity contribution in [2.75, 3.05) is 19.6 Å². The van der Waals surface area contributed by atoms with E-state index in [1.54, 1.807) is 0 Å². The molecule has 2 aromatic rings. The summed E-state index contributed by atoms with van der Waals surface area (Å²) in [6.07, 6.45) is 7.12. The van der Waals surface area contributed by atoms with Gasteiger partial charge in [0.05, 0.1) is 0 Å². The monoisotopic (exact) mass is 380 g/mol. The molecule has 150 valence electrons. The van der Waals surface area contributed by atoms with E-state index in [2.05, 4.69) is 62.2 Å². The molecule has 0 atom stereocenters. The topological polar surface area (TPSA) is 58.3 Å². The minimum Gasteiger partial charge on any atom is -0.357 e. The van der Waals surface area contributed by atoms with Crippen LogP contribution in [-0.4, -0.2) is 45.3 Å². The molecule has 0 aliphatic carbocycles. The minimum atomic E-state index is 0.610. The number of aryl methyl sites for hydroxylation is 1. The van der Waals surface area contributed by atoms with Crippen LogP contribution in [0.1, 0.15) is 49.8 Å². The SMILES string of the molecule is CCNC(=NCc1nnc2n1CCCC2)N1CCC(Cc2ccccc2)CC1. The summed E-state index contributed by atoms with van der Waals surface area (Å²) in [5.74, 6) is 3.92. The van der Waals surface area contributed by atoms with Gasteiger partial charge in [-0.2, -0.15) is 0 Å². The highest BCUT2D eigenvalue weighted by Crippen LogP contribution is 2.22. The summed E-state index contributed by atoms with van der Waals surface area (Å²) in [5.41, 5.74) is 1.46. The highest BCUT2D eigenvalue weighted by molar-refractivity contribution is 5.80. The zero-order chi connectivity index (χ0) is 19.2. The predicted octanol–water partition coefficient (Wildman–Crippen LogP) is 3.03. The Morgan fingerprint density at radius 3 is 2.71 bits per heavy atom. The molecule has 1 aromatic carbocycles. The van der Waals surface area contributed by atoms with Gasteiger partial charge in [0.1, 0.15) is 12.4 Å². The average Bonchev–Trinajstić information content (AvgIpc) is 3.16. The fourth-order valence-electron chi connectivity index (χ4n) is 4.35. The van der Waals surface area contributed by atoms with Crippen molar-refractivity contribution in [3.05, 3.63) is 47.5 Å². The van der Waals surface area contributed by atoms with E-state index in [1.165, 1.54) is 37.7 Å². The van der Waals surface area contributed by atoms with E-state index in [-0.39, 0.29) is 0 Å². The molecular formula is C22H32N6. The molecule has 0 amide bonds. The summed E-state index contributed by atoms with van der Waals surface area (Å²) in [6.45, 7) is 6.81. The first kappa shape index (κ1) is 19.0. The van der Waals surface area contributed by atoms with Crippen molar-refractivity contribution in [2.45, 2.75) is 58.5 Å². The number of fused-ring (bicyclic) bond motifs is 1. The Labute approximate surface area is 168 Å². The Bertz CT molecular complexity index is 774. The lowest BCUT2D eigenvalue weighted by Gasteiger charge is -2.34. The number of aliphatic imine (C=N–C) groups is 1. The van der Waals surface area contributed by atoms with Crippen LogP contribution in [0.15, 0.2) is 35.3 Å². The van der Waals surface area contributed by atoms with Crippen LogP contribution in [0.4, 0.5) is 0 Å². The zero-order valence-electron chi connectivity index (χ0n) is 17.0. The van der Waals surface area contributed by atoms with Crippen molar-refractivity contribution in [3.8, 4) is 0 Å². The Hall–Kier alpha value is -2.37. The third-order valence-electron chi connectivity index (χ3n) is 5.92. The first-order chi connectivity index (χ1) is 13.8. The van der Waals surface area contributed by atoms with Gasteiger partial charge in [-0.3, -0.25) is 0 Å². The normalized spacial score (nSPS) is 18.2. The lowest BCUT2D eigenvalue weighted by Crippen LogP contribution is -2.45. The molecule has 3 heterocycles. The number of guanidine groups is 1. The molecule has 2 aliphatic rings. The largest absolute Gasteiger partial charge is 0.357 e. The van der Waals surface area contributed by atoms with Gasteiger partial charge in [0.15, 0.2) is 11.8 Å². The molecule has 0 saturated carbocycles. The third kappa shape index (κ3) is 4.54. The number of hydrogen-bond acceptors (Lipinski definition) is 3. The van der Waals surface area contributed by atoms with Crippen LogP contribution in [-0.2, 0) is 25.9 Å². The molecule has 28 heavy (non-hydrogen) atoms. The summed E-state index contributed by atoms with van der Waals surface area (Å²) in [5, 5.41) is 12.2. The van der Waals surface area contributed by atoms with Crippen molar-refractivity contribution in [1.29, 1.82) is 0 Å². The number of nitrogens with one attached hydrogen (secondary N) is 1. The summed E-state index contributed by atoms with van der Waals surface area (Å²) >= 11 is 0. The summed E-state index contributed by atoms with van der Waals surface area (Å²) in [7, 11) is 0. The van der Waals surface area contributed by atoms with Gasteiger partial charge in [-0.25, -0.2) is 4.99 Å². The quantitative estimate of drug-likeness (QED) is 0.640. The predicted molar refractivity (Wildman–Crippen MR) is 112 cm³/mol. The van der Waals surface area contributed by atoms with Crippen molar-refractivity contribution < 1.29 is 0 Å². The summed E-state index contributed by atoms with van der Waals surface area (Å²) in [6, 6.07) is 10.9. The van der Waals surface area contributed by atoms with Crippen LogP contribution in [0.3, 0.4) is 0 Å². The number of nitrogens with zero attached hydrogens (tertiary/aromatic N) is 5. The maximum Gasteiger partial charge on any atom is 0.194 e. The molecule has 0 bridgehead atoms. The smallest absolute Gasteiger partial charge is 0.194 e. The second-order valence-electron chi connectivity index (χ2n) is 7.93. The molecule has 1 N–H and O–H groups in total. The molecular weight excluding hydrogens is 348 g/mol. The number of rotatable bonds is 5. The standard InChI is InChI=1S/C22H32N6/c1-2-23-22(24-17-21-26-25-20-10-6-7-13-28(20)21)27-14-11-19(12-15-27)16-18-8-4-3-5-9-18/h3-5,8-9,19H,2,6-7,10-17H2,1H3,(H,23,24). The second-order valence-corrected chi connectivity index (χ2v) is 7.93. The van der Waals surface area contributed by atoms with Crippen LogP contribution < -0.4 is 5.32 Å². The van der Waals surface area contributed by atoms with Crippen molar-refractivity contribution in [2.24, 2.45) is 10.9 Å². The van der Waals surface area contributed by atoms with Crippen LogP contribution in [0.5, 0.6) is 0 Å². The Balaban J connectivity index is 1.36. The van der Waals surface area contributed by atoms with Gasteiger partial charge in [0.25, 0.3) is 0 Å².